The van der Waals surface area contributed by atoms with E-state index in [0.717, 1.165) is 0 Å². The quantitative estimate of drug-likeness (QED) is 0.625. The first-order chi connectivity index (χ1) is 13.8. The third kappa shape index (κ3) is 4.77. The van der Waals surface area contributed by atoms with Gasteiger partial charge in [0.25, 0.3) is 15.9 Å². The van der Waals surface area contributed by atoms with Crippen molar-refractivity contribution in [3.63, 3.8) is 0 Å². The molecule has 0 bridgehead atoms. The number of carbonyl (C=O) groups excluding carboxylic acids is 2. The highest BCUT2D eigenvalue weighted by molar-refractivity contribution is 7.92. The number of amides is 2. The van der Waals surface area contributed by atoms with Crippen LogP contribution in [0.1, 0.15) is 24.2 Å². The van der Waals surface area contributed by atoms with Gasteiger partial charge >= 0.3 is 0 Å². The summed E-state index contributed by atoms with van der Waals surface area (Å²) in [5.41, 5.74) is 0.420. The third-order valence-electron chi connectivity index (χ3n) is 4.12. The normalized spacial score (nSPS) is 13.4. The fourth-order valence-electron chi connectivity index (χ4n) is 2.65. The predicted molar refractivity (Wildman–Crippen MR) is 105 cm³/mol. The zero-order valence-electron chi connectivity index (χ0n) is 15.9. The van der Waals surface area contributed by atoms with Crippen LogP contribution in [0.3, 0.4) is 0 Å². The van der Waals surface area contributed by atoms with Crippen LogP contribution in [-0.2, 0) is 14.8 Å². The van der Waals surface area contributed by atoms with Crippen molar-refractivity contribution in [2.45, 2.75) is 24.8 Å². The monoisotopic (exact) mass is 419 g/mol. The summed E-state index contributed by atoms with van der Waals surface area (Å²) in [6, 6.07) is 9.47. The van der Waals surface area contributed by atoms with Crippen molar-refractivity contribution in [2.24, 2.45) is 0 Å². The number of rotatable bonds is 7. The van der Waals surface area contributed by atoms with Crippen molar-refractivity contribution in [3.8, 4) is 11.5 Å². The lowest BCUT2D eigenvalue weighted by atomic mass is 10.2. The highest BCUT2D eigenvalue weighted by Crippen LogP contribution is 2.34. The highest BCUT2D eigenvalue weighted by atomic mass is 32.2. The first-order valence-corrected chi connectivity index (χ1v) is 10.4. The molecule has 10 heteroatoms. The molecule has 29 heavy (non-hydrogen) atoms. The Hall–Kier alpha value is -3.27. The van der Waals surface area contributed by atoms with E-state index in [-0.39, 0.29) is 23.2 Å². The Kier molecular flexibility index (Phi) is 5.92. The Bertz CT molecular complexity index is 1040. The first-order valence-electron chi connectivity index (χ1n) is 8.91. The molecule has 0 saturated carbocycles. The van der Waals surface area contributed by atoms with Crippen LogP contribution < -0.4 is 24.8 Å². The van der Waals surface area contributed by atoms with Crippen LogP contribution >= 0.6 is 0 Å². The number of anilines is 1. The van der Waals surface area contributed by atoms with Gasteiger partial charge in [-0.15, -0.1) is 0 Å². The molecule has 1 heterocycles. The van der Waals surface area contributed by atoms with E-state index in [0.29, 0.717) is 23.7 Å². The van der Waals surface area contributed by atoms with Crippen LogP contribution in [-0.4, -0.2) is 39.6 Å². The fraction of sp³-hybridized carbons (Fsp3) is 0.263. The number of sulfonamides is 1. The molecule has 9 nitrogen and oxygen atoms in total. The van der Waals surface area contributed by atoms with Crippen LogP contribution in [0.15, 0.2) is 47.4 Å². The number of hydrogen-bond donors (Lipinski definition) is 3. The number of fused-ring (bicyclic) bond motifs is 1. The minimum absolute atomic E-state index is 0.0807. The van der Waals surface area contributed by atoms with Gasteiger partial charge < -0.3 is 20.1 Å². The van der Waals surface area contributed by atoms with Crippen LogP contribution in [0.5, 0.6) is 11.5 Å². The van der Waals surface area contributed by atoms with Gasteiger partial charge in [0.05, 0.1) is 10.6 Å². The molecule has 1 aliphatic heterocycles. The van der Waals surface area contributed by atoms with Crippen LogP contribution in [0, 0.1) is 0 Å². The number of likely N-dealkylation sites (N-methyl/N-ethyl adjacent to an activating group) is 1. The summed E-state index contributed by atoms with van der Waals surface area (Å²) in [4.78, 5) is 24.1. The Labute approximate surface area is 168 Å². The zero-order chi connectivity index (χ0) is 21.0. The lowest BCUT2D eigenvalue weighted by Gasteiger charge is -2.14. The van der Waals surface area contributed by atoms with Gasteiger partial charge in [-0.1, -0.05) is 6.07 Å². The summed E-state index contributed by atoms with van der Waals surface area (Å²) in [7, 11) is -3.95. The molecule has 1 aliphatic rings. The topological polar surface area (TPSA) is 123 Å². The van der Waals surface area contributed by atoms with Crippen LogP contribution in [0.25, 0.3) is 0 Å². The van der Waals surface area contributed by atoms with E-state index in [1.807, 2.05) is 0 Å². The standard InChI is InChI=1S/C19H21N3O6S/c1-3-20-18(23)12(2)21-19(24)13-5-4-6-15(9-13)29(25,26)22-14-7-8-16-17(10-14)28-11-27-16/h4-10,12,22H,3,11H2,1-2H3,(H,20,23)(H,21,24)/t12-/m1/s1. The van der Waals surface area contributed by atoms with Gasteiger partial charge in [-0.2, -0.15) is 0 Å². The lowest BCUT2D eigenvalue weighted by molar-refractivity contribution is -0.122. The Balaban J connectivity index is 1.75. The van der Waals surface area contributed by atoms with Crippen molar-refractivity contribution >= 4 is 27.5 Å². The van der Waals surface area contributed by atoms with Crippen molar-refractivity contribution < 1.29 is 27.5 Å². The SMILES string of the molecule is CCNC(=O)[C@@H](C)NC(=O)c1cccc(S(=O)(=O)Nc2ccc3c(c2)OCO3)c1. The largest absolute Gasteiger partial charge is 0.454 e. The second kappa shape index (κ2) is 8.39. The Morgan fingerprint density at radius 1 is 1.10 bits per heavy atom. The van der Waals surface area contributed by atoms with Crippen molar-refractivity contribution in [1.82, 2.24) is 10.6 Å². The van der Waals surface area contributed by atoms with Gasteiger partial charge in [0.15, 0.2) is 11.5 Å². The second-order valence-electron chi connectivity index (χ2n) is 6.29. The average Bonchev–Trinajstić information content (AvgIpc) is 3.15. The molecule has 2 aromatic rings. The second-order valence-corrected chi connectivity index (χ2v) is 7.97. The van der Waals surface area contributed by atoms with E-state index in [1.54, 1.807) is 26.0 Å². The molecule has 0 unspecified atom stereocenters. The fourth-order valence-corrected chi connectivity index (χ4v) is 3.75. The molecule has 2 aromatic carbocycles. The minimum atomic E-state index is -3.95. The van der Waals surface area contributed by atoms with Crippen molar-refractivity contribution in [2.75, 3.05) is 18.1 Å². The summed E-state index contributed by atoms with van der Waals surface area (Å²) < 4.78 is 38.3. The summed E-state index contributed by atoms with van der Waals surface area (Å²) in [6.07, 6.45) is 0. The summed E-state index contributed by atoms with van der Waals surface area (Å²) in [6.45, 7) is 3.84. The summed E-state index contributed by atoms with van der Waals surface area (Å²) in [5.74, 6) is 0.100. The van der Waals surface area contributed by atoms with E-state index in [9.17, 15) is 18.0 Å². The molecular weight excluding hydrogens is 398 g/mol. The third-order valence-corrected chi connectivity index (χ3v) is 5.50. The van der Waals surface area contributed by atoms with Crippen molar-refractivity contribution in [3.05, 3.63) is 48.0 Å². The molecule has 0 fully saturated rings. The summed E-state index contributed by atoms with van der Waals surface area (Å²) in [5, 5.41) is 5.14. The molecule has 3 rings (SSSR count). The van der Waals surface area contributed by atoms with E-state index in [1.165, 1.54) is 30.3 Å². The van der Waals surface area contributed by atoms with E-state index >= 15 is 0 Å². The van der Waals surface area contributed by atoms with E-state index < -0.39 is 22.0 Å². The van der Waals surface area contributed by atoms with Gasteiger partial charge in [-0.25, -0.2) is 8.42 Å². The number of benzene rings is 2. The molecule has 2 amide bonds. The molecule has 1 atom stereocenters. The molecular formula is C19H21N3O6S. The van der Waals surface area contributed by atoms with Gasteiger partial charge in [0, 0.05) is 18.2 Å². The van der Waals surface area contributed by atoms with Crippen LogP contribution in [0.4, 0.5) is 5.69 Å². The van der Waals surface area contributed by atoms with Gasteiger partial charge in [-0.3, -0.25) is 14.3 Å². The van der Waals surface area contributed by atoms with E-state index in [2.05, 4.69) is 15.4 Å². The molecule has 0 saturated heterocycles. The van der Waals surface area contributed by atoms with Crippen LogP contribution in [0.2, 0.25) is 0 Å². The Morgan fingerprint density at radius 2 is 1.86 bits per heavy atom. The van der Waals surface area contributed by atoms with Crippen molar-refractivity contribution in [1.29, 1.82) is 0 Å². The maximum atomic E-state index is 12.7. The number of nitrogens with one attached hydrogen (secondary N) is 3. The molecule has 0 radical (unpaired) electrons. The molecule has 154 valence electrons. The Morgan fingerprint density at radius 3 is 2.62 bits per heavy atom. The molecule has 0 aliphatic carbocycles. The molecule has 0 spiro atoms. The predicted octanol–water partition coefficient (Wildman–Crippen LogP) is 1.47. The number of ether oxygens (including phenoxy) is 2. The van der Waals surface area contributed by atoms with Gasteiger partial charge in [0.1, 0.15) is 6.04 Å². The zero-order valence-corrected chi connectivity index (χ0v) is 16.7. The maximum absolute atomic E-state index is 12.7. The molecule has 3 N–H and O–H groups in total. The average molecular weight is 419 g/mol. The molecule has 0 aromatic heterocycles. The minimum Gasteiger partial charge on any atom is -0.454 e. The highest BCUT2D eigenvalue weighted by Gasteiger charge is 2.21. The maximum Gasteiger partial charge on any atom is 0.261 e. The smallest absolute Gasteiger partial charge is 0.261 e. The first kappa shape index (κ1) is 20.5. The summed E-state index contributed by atoms with van der Waals surface area (Å²) >= 11 is 0. The van der Waals surface area contributed by atoms with Gasteiger partial charge in [0.2, 0.25) is 12.7 Å². The van der Waals surface area contributed by atoms with E-state index in [4.69, 9.17) is 9.47 Å². The lowest BCUT2D eigenvalue weighted by Crippen LogP contribution is -2.44. The number of hydrogen-bond acceptors (Lipinski definition) is 6. The number of carbonyl (C=O) groups is 2. The van der Waals surface area contributed by atoms with Gasteiger partial charge in [-0.05, 0) is 44.2 Å².